The van der Waals surface area contributed by atoms with Gasteiger partial charge < -0.3 is 15.0 Å². The van der Waals surface area contributed by atoms with Crippen LogP contribution >= 0.6 is 11.3 Å². The lowest BCUT2D eigenvalue weighted by atomic mass is 10.2. The average Bonchev–Trinajstić information content (AvgIpc) is 3.43. The molecule has 1 aliphatic rings. The van der Waals surface area contributed by atoms with Gasteiger partial charge in [0.15, 0.2) is 0 Å². The number of hydrogen-bond acceptors (Lipinski definition) is 5. The van der Waals surface area contributed by atoms with Crippen LogP contribution in [0.1, 0.15) is 18.4 Å². The number of anilines is 1. The number of nitrogens with one attached hydrogen (secondary N) is 1. The number of hydrogen-bond donors (Lipinski definition) is 1. The van der Waals surface area contributed by atoms with Gasteiger partial charge in [-0.1, -0.05) is 6.07 Å². The summed E-state index contributed by atoms with van der Waals surface area (Å²) in [7, 11) is 0. The van der Waals surface area contributed by atoms with Crippen molar-refractivity contribution < 1.29 is 9.53 Å². The molecular formula is C21H22N4O2S. The molecule has 4 rings (SSSR count). The number of ether oxygens (including phenoxy) is 1. The summed E-state index contributed by atoms with van der Waals surface area (Å²) in [6.45, 7) is 1.83. The van der Waals surface area contributed by atoms with Gasteiger partial charge in [0.1, 0.15) is 5.01 Å². The van der Waals surface area contributed by atoms with Gasteiger partial charge >= 0.3 is 6.03 Å². The zero-order valence-corrected chi connectivity index (χ0v) is 16.3. The van der Waals surface area contributed by atoms with Gasteiger partial charge in [-0.25, -0.2) is 9.78 Å². The summed E-state index contributed by atoms with van der Waals surface area (Å²) >= 11 is 1.59. The summed E-state index contributed by atoms with van der Waals surface area (Å²) in [5.41, 5.74) is 2.79. The number of nitrogens with zero attached hydrogens (tertiary/aromatic N) is 3. The van der Waals surface area contributed by atoms with Crippen LogP contribution in [0.2, 0.25) is 0 Å². The Labute approximate surface area is 168 Å². The molecule has 1 saturated heterocycles. The minimum atomic E-state index is -0.138. The molecule has 2 amide bonds. The van der Waals surface area contributed by atoms with E-state index in [4.69, 9.17) is 4.74 Å². The number of carbonyl (C=O) groups is 1. The van der Waals surface area contributed by atoms with Crippen LogP contribution in [0.4, 0.5) is 10.5 Å². The highest BCUT2D eigenvalue weighted by Crippen LogP contribution is 2.23. The van der Waals surface area contributed by atoms with Crippen molar-refractivity contribution >= 4 is 23.1 Å². The lowest BCUT2D eigenvalue weighted by Gasteiger charge is -2.26. The number of pyridine rings is 1. The predicted molar refractivity (Wildman–Crippen MR) is 110 cm³/mol. The van der Waals surface area contributed by atoms with Gasteiger partial charge in [-0.2, -0.15) is 0 Å². The molecule has 28 heavy (non-hydrogen) atoms. The molecule has 1 aromatic carbocycles. The van der Waals surface area contributed by atoms with Gasteiger partial charge in [0, 0.05) is 54.9 Å². The van der Waals surface area contributed by atoms with Crippen molar-refractivity contribution in [2.24, 2.45) is 0 Å². The molecule has 7 heteroatoms. The summed E-state index contributed by atoms with van der Waals surface area (Å²) in [5, 5.41) is 5.92. The van der Waals surface area contributed by atoms with E-state index in [1.54, 1.807) is 34.8 Å². The van der Waals surface area contributed by atoms with Crippen molar-refractivity contribution in [3.63, 3.8) is 0 Å². The Morgan fingerprint density at radius 3 is 2.82 bits per heavy atom. The van der Waals surface area contributed by atoms with E-state index in [0.29, 0.717) is 13.1 Å². The normalized spacial score (nSPS) is 16.1. The number of carbonyl (C=O) groups excluding carboxylic acids is 1. The van der Waals surface area contributed by atoms with E-state index in [2.05, 4.69) is 15.3 Å². The second-order valence-corrected chi connectivity index (χ2v) is 7.62. The lowest BCUT2D eigenvalue weighted by Crippen LogP contribution is -2.39. The average molecular weight is 395 g/mol. The fourth-order valence-corrected chi connectivity index (χ4v) is 3.87. The third-order valence-corrected chi connectivity index (χ3v) is 5.47. The zero-order valence-electron chi connectivity index (χ0n) is 15.5. The molecule has 0 saturated carbocycles. The van der Waals surface area contributed by atoms with Crippen LogP contribution in [-0.4, -0.2) is 40.2 Å². The first-order valence-corrected chi connectivity index (χ1v) is 10.2. The van der Waals surface area contributed by atoms with E-state index < -0.39 is 0 Å². The van der Waals surface area contributed by atoms with Crippen molar-refractivity contribution in [3.8, 4) is 10.6 Å². The second-order valence-electron chi connectivity index (χ2n) is 6.72. The van der Waals surface area contributed by atoms with Crippen LogP contribution in [0.5, 0.6) is 0 Å². The monoisotopic (exact) mass is 394 g/mol. The van der Waals surface area contributed by atoms with Crippen molar-refractivity contribution in [1.82, 2.24) is 14.9 Å². The third-order valence-electron chi connectivity index (χ3n) is 4.65. The fraction of sp³-hybridized carbons (Fsp3) is 0.286. The molecule has 1 aliphatic heterocycles. The molecule has 6 nitrogen and oxygen atoms in total. The first-order chi connectivity index (χ1) is 13.8. The largest absolute Gasteiger partial charge is 0.376 e. The number of amides is 2. The van der Waals surface area contributed by atoms with Crippen LogP contribution in [0.3, 0.4) is 0 Å². The maximum atomic E-state index is 12.9. The van der Waals surface area contributed by atoms with Gasteiger partial charge in [-0.15, -0.1) is 11.3 Å². The van der Waals surface area contributed by atoms with Gasteiger partial charge in [0.05, 0.1) is 6.10 Å². The molecule has 1 unspecified atom stereocenters. The zero-order chi connectivity index (χ0) is 19.2. The Balaban J connectivity index is 1.44. The highest BCUT2D eigenvalue weighted by molar-refractivity contribution is 7.13. The van der Waals surface area contributed by atoms with Crippen LogP contribution in [-0.2, 0) is 11.3 Å². The third kappa shape index (κ3) is 4.74. The Morgan fingerprint density at radius 2 is 2.14 bits per heavy atom. The molecule has 2 aromatic heterocycles. The molecule has 0 radical (unpaired) electrons. The Bertz CT molecular complexity index is 879. The summed E-state index contributed by atoms with van der Waals surface area (Å²) in [5.74, 6) is 0. The topological polar surface area (TPSA) is 67.4 Å². The van der Waals surface area contributed by atoms with E-state index in [1.807, 2.05) is 41.8 Å². The molecule has 1 N–H and O–H groups in total. The highest BCUT2D eigenvalue weighted by atomic mass is 32.1. The van der Waals surface area contributed by atoms with Crippen molar-refractivity contribution in [2.45, 2.75) is 25.5 Å². The number of urea groups is 1. The molecule has 3 heterocycles. The maximum absolute atomic E-state index is 12.9. The highest BCUT2D eigenvalue weighted by Gasteiger charge is 2.23. The molecule has 144 valence electrons. The van der Waals surface area contributed by atoms with E-state index in [9.17, 15) is 4.79 Å². The molecule has 1 atom stereocenters. The smallest absolute Gasteiger partial charge is 0.322 e. The molecule has 0 aliphatic carbocycles. The molecular weight excluding hydrogens is 372 g/mol. The maximum Gasteiger partial charge on any atom is 0.322 e. The second kappa shape index (κ2) is 8.95. The Morgan fingerprint density at radius 1 is 1.25 bits per heavy atom. The van der Waals surface area contributed by atoms with Crippen LogP contribution in [0.25, 0.3) is 10.6 Å². The minimum absolute atomic E-state index is 0.0923. The number of thiazole rings is 1. The van der Waals surface area contributed by atoms with Crippen LogP contribution < -0.4 is 5.32 Å². The van der Waals surface area contributed by atoms with Gasteiger partial charge in [-0.05, 0) is 48.7 Å². The van der Waals surface area contributed by atoms with Gasteiger partial charge in [0.2, 0.25) is 0 Å². The molecule has 3 aromatic rings. The molecule has 1 fully saturated rings. The van der Waals surface area contributed by atoms with Crippen molar-refractivity contribution in [3.05, 3.63) is 65.9 Å². The summed E-state index contributed by atoms with van der Waals surface area (Å²) in [4.78, 5) is 23.2. The fourth-order valence-electron chi connectivity index (χ4n) is 3.23. The van der Waals surface area contributed by atoms with Gasteiger partial charge in [0.25, 0.3) is 0 Å². The summed E-state index contributed by atoms with van der Waals surface area (Å²) < 4.78 is 5.74. The first-order valence-electron chi connectivity index (χ1n) is 9.34. The quantitative estimate of drug-likeness (QED) is 0.672. The van der Waals surface area contributed by atoms with Crippen LogP contribution in [0.15, 0.2) is 60.4 Å². The number of benzene rings is 1. The van der Waals surface area contributed by atoms with Crippen molar-refractivity contribution in [1.29, 1.82) is 0 Å². The number of aromatic nitrogens is 2. The Hall–Kier alpha value is -2.77. The van der Waals surface area contributed by atoms with Crippen LogP contribution in [0, 0.1) is 0 Å². The minimum Gasteiger partial charge on any atom is -0.376 e. The summed E-state index contributed by atoms with van der Waals surface area (Å²) in [6, 6.07) is 11.5. The predicted octanol–water partition coefficient (Wildman–Crippen LogP) is 4.42. The van der Waals surface area contributed by atoms with E-state index >= 15 is 0 Å². The van der Waals surface area contributed by atoms with E-state index in [-0.39, 0.29) is 12.1 Å². The van der Waals surface area contributed by atoms with E-state index in [1.165, 1.54) is 0 Å². The lowest BCUT2D eigenvalue weighted by molar-refractivity contribution is 0.0819. The Kier molecular flexibility index (Phi) is 5.94. The summed E-state index contributed by atoms with van der Waals surface area (Å²) in [6.07, 6.45) is 7.44. The SMILES string of the molecule is O=C(Nc1ccc(-c2nccs2)cc1)N(Cc1cccnc1)CC1CCCO1. The molecule has 0 spiro atoms. The number of rotatable bonds is 6. The standard InChI is InChI=1S/C21H22N4O2S/c26-21(24-18-7-5-17(6-8-18)20-23-10-12-28-20)25(15-19-4-2-11-27-19)14-16-3-1-9-22-13-16/h1,3,5-10,12-13,19H,2,4,11,14-15H2,(H,24,26). The first kappa shape index (κ1) is 18.6. The molecule has 0 bridgehead atoms. The van der Waals surface area contributed by atoms with E-state index in [0.717, 1.165) is 41.3 Å². The van der Waals surface area contributed by atoms with Crippen molar-refractivity contribution in [2.75, 3.05) is 18.5 Å². The van der Waals surface area contributed by atoms with Gasteiger partial charge in [-0.3, -0.25) is 4.98 Å².